The van der Waals surface area contributed by atoms with Gasteiger partial charge in [0.15, 0.2) is 5.78 Å². The van der Waals surface area contributed by atoms with Crippen LogP contribution < -0.4 is 0 Å². The number of nitrogens with zero attached hydrogens (tertiary/aromatic N) is 1. The summed E-state index contributed by atoms with van der Waals surface area (Å²) in [5.74, 6) is 0.242. The summed E-state index contributed by atoms with van der Waals surface area (Å²) in [7, 11) is 0. The first-order chi connectivity index (χ1) is 8.27. The minimum Gasteiger partial charge on any atom is -0.295 e. The van der Waals surface area contributed by atoms with Gasteiger partial charge in [0.2, 0.25) is 0 Å². The fraction of sp³-hybridized carbons (Fsp3) is 0.467. The van der Waals surface area contributed by atoms with Crippen LogP contribution in [0.4, 0.5) is 0 Å². The summed E-state index contributed by atoms with van der Waals surface area (Å²) in [6.07, 6.45) is 8.57. The van der Waals surface area contributed by atoms with E-state index in [-0.39, 0.29) is 5.78 Å². The largest absolute Gasteiger partial charge is 0.295 e. The summed E-state index contributed by atoms with van der Waals surface area (Å²) in [6.45, 7) is 4.08. The maximum Gasteiger partial charge on any atom is 0.158 e. The molecule has 0 saturated heterocycles. The minimum absolute atomic E-state index is 0.242. The number of carbonyl (C=O) groups is 1. The Morgan fingerprint density at radius 3 is 2.71 bits per heavy atom. The number of pyridine rings is 1. The lowest BCUT2D eigenvalue weighted by Gasteiger charge is -2.04. The molecule has 0 aliphatic carbocycles. The van der Waals surface area contributed by atoms with E-state index < -0.39 is 0 Å². The molecular weight excluding hydrogens is 210 g/mol. The van der Waals surface area contributed by atoms with Gasteiger partial charge in [0.1, 0.15) is 0 Å². The Bertz CT molecular complexity index is 368. The smallest absolute Gasteiger partial charge is 0.158 e. The number of allylic oxidation sites excluding steroid dienone is 1. The van der Waals surface area contributed by atoms with Gasteiger partial charge < -0.3 is 0 Å². The summed E-state index contributed by atoms with van der Waals surface area (Å²) < 4.78 is 0. The first-order valence-electron chi connectivity index (χ1n) is 6.42. The maximum absolute atomic E-state index is 11.8. The second kappa shape index (κ2) is 7.77. The van der Waals surface area contributed by atoms with Crippen molar-refractivity contribution in [3.63, 3.8) is 0 Å². The van der Waals surface area contributed by atoms with E-state index in [4.69, 9.17) is 0 Å². The lowest BCUT2D eigenvalue weighted by molar-refractivity contribution is -0.115. The predicted molar refractivity (Wildman–Crippen MR) is 71.7 cm³/mol. The van der Waals surface area contributed by atoms with E-state index in [0.29, 0.717) is 6.42 Å². The van der Waals surface area contributed by atoms with Crippen LogP contribution in [0.1, 0.15) is 51.6 Å². The molecule has 0 unspecified atom stereocenters. The summed E-state index contributed by atoms with van der Waals surface area (Å²) in [4.78, 5) is 16.0. The SMILES string of the molecule is CCCCC/C(=C/c1ccccn1)C(=O)CC. The highest BCUT2D eigenvalue weighted by Crippen LogP contribution is 2.15. The molecule has 0 N–H and O–H groups in total. The molecule has 0 atom stereocenters. The average Bonchev–Trinajstić information content (AvgIpc) is 2.38. The van der Waals surface area contributed by atoms with E-state index in [2.05, 4.69) is 11.9 Å². The molecule has 0 saturated carbocycles. The number of rotatable bonds is 7. The van der Waals surface area contributed by atoms with Crippen LogP contribution in [-0.4, -0.2) is 10.8 Å². The van der Waals surface area contributed by atoms with Gasteiger partial charge in [-0.3, -0.25) is 9.78 Å². The molecular formula is C15H21NO. The van der Waals surface area contributed by atoms with E-state index in [0.717, 1.165) is 24.1 Å². The van der Waals surface area contributed by atoms with E-state index in [1.807, 2.05) is 31.2 Å². The van der Waals surface area contributed by atoms with Crippen molar-refractivity contribution >= 4 is 11.9 Å². The first-order valence-corrected chi connectivity index (χ1v) is 6.42. The fourth-order valence-corrected chi connectivity index (χ4v) is 1.72. The second-order valence-corrected chi connectivity index (χ2v) is 4.16. The highest BCUT2D eigenvalue weighted by atomic mass is 16.1. The summed E-state index contributed by atoms with van der Waals surface area (Å²) in [5, 5.41) is 0. The molecule has 0 aliphatic heterocycles. The molecule has 0 spiro atoms. The zero-order valence-electron chi connectivity index (χ0n) is 10.8. The number of carbonyl (C=O) groups excluding carboxylic acids is 1. The van der Waals surface area contributed by atoms with Crippen molar-refractivity contribution in [2.24, 2.45) is 0 Å². The second-order valence-electron chi connectivity index (χ2n) is 4.16. The predicted octanol–water partition coefficient (Wildman–Crippen LogP) is 4.02. The standard InChI is InChI=1S/C15H21NO/c1-3-5-6-9-13(15(17)4-2)12-14-10-7-8-11-16-14/h7-8,10-12H,3-6,9H2,1-2H3/b13-12-. The van der Waals surface area contributed by atoms with Crippen LogP contribution in [0.3, 0.4) is 0 Å². The Morgan fingerprint density at radius 1 is 1.29 bits per heavy atom. The summed E-state index contributed by atoms with van der Waals surface area (Å²) in [6, 6.07) is 5.76. The van der Waals surface area contributed by atoms with Crippen molar-refractivity contribution in [2.45, 2.75) is 46.0 Å². The Morgan fingerprint density at radius 2 is 2.12 bits per heavy atom. The summed E-state index contributed by atoms with van der Waals surface area (Å²) in [5.41, 5.74) is 1.79. The van der Waals surface area contributed by atoms with Crippen LogP contribution in [0, 0.1) is 0 Å². The number of hydrogen-bond acceptors (Lipinski definition) is 2. The van der Waals surface area contributed by atoms with Gasteiger partial charge in [0.05, 0.1) is 5.69 Å². The van der Waals surface area contributed by atoms with Crippen LogP contribution in [-0.2, 0) is 4.79 Å². The minimum atomic E-state index is 0.242. The van der Waals surface area contributed by atoms with E-state index in [1.54, 1.807) is 6.20 Å². The third-order valence-corrected chi connectivity index (χ3v) is 2.74. The van der Waals surface area contributed by atoms with Gasteiger partial charge in [0, 0.05) is 12.6 Å². The molecule has 0 bridgehead atoms. The third kappa shape index (κ3) is 4.94. The van der Waals surface area contributed by atoms with Crippen molar-refractivity contribution in [3.8, 4) is 0 Å². The van der Waals surface area contributed by atoms with Gasteiger partial charge in [-0.1, -0.05) is 32.8 Å². The van der Waals surface area contributed by atoms with Crippen LogP contribution in [0.5, 0.6) is 0 Å². The zero-order valence-corrected chi connectivity index (χ0v) is 10.8. The number of Topliss-reactive ketones (excluding diaryl/α,β-unsaturated/α-hetero) is 1. The van der Waals surface area contributed by atoms with Gasteiger partial charge in [0.25, 0.3) is 0 Å². The lowest BCUT2D eigenvalue weighted by atomic mass is 10.0. The van der Waals surface area contributed by atoms with E-state index in [9.17, 15) is 4.79 Å². The molecule has 1 rings (SSSR count). The highest BCUT2D eigenvalue weighted by molar-refractivity contribution is 5.99. The molecule has 0 aliphatic rings. The monoisotopic (exact) mass is 231 g/mol. The van der Waals surface area contributed by atoms with Crippen LogP contribution in [0.15, 0.2) is 30.0 Å². The molecule has 2 heteroatoms. The van der Waals surface area contributed by atoms with Crippen molar-refractivity contribution in [3.05, 3.63) is 35.7 Å². The van der Waals surface area contributed by atoms with E-state index >= 15 is 0 Å². The maximum atomic E-state index is 11.8. The molecule has 92 valence electrons. The van der Waals surface area contributed by atoms with Crippen molar-refractivity contribution < 1.29 is 4.79 Å². The van der Waals surface area contributed by atoms with Gasteiger partial charge in [-0.15, -0.1) is 0 Å². The van der Waals surface area contributed by atoms with Gasteiger partial charge in [-0.25, -0.2) is 0 Å². The Balaban J connectivity index is 2.75. The highest BCUT2D eigenvalue weighted by Gasteiger charge is 2.07. The third-order valence-electron chi connectivity index (χ3n) is 2.74. The normalized spacial score (nSPS) is 11.5. The van der Waals surface area contributed by atoms with E-state index in [1.165, 1.54) is 12.8 Å². The average molecular weight is 231 g/mol. The quantitative estimate of drug-likeness (QED) is 0.524. The Labute approximate surface area is 104 Å². The number of aromatic nitrogens is 1. The Kier molecular flexibility index (Phi) is 6.23. The zero-order chi connectivity index (χ0) is 12.5. The molecule has 1 heterocycles. The van der Waals surface area contributed by atoms with Crippen molar-refractivity contribution in [2.75, 3.05) is 0 Å². The topological polar surface area (TPSA) is 30.0 Å². The van der Waals surface area contributed by atoms with Crippen molar-refractivity contribution in [1.82, 2.24) is 4.98 Å². The van der Waals surface area contributed by atoms with Gasteiger partial charge in [-0.05, 0) is 36.6 Å². The van der Waals surface area contributed by atoms with Crippen LogP contribution in [0.25, 0.3) is 6.08 Å². The number of unbranched alkanes of at least 4 members (excludes halogenated alkanes) is 2. The molecule has 0 amide bonds. The first kappa shape index (κ1) is 13.6. The molecule has 2 nitrogen and oxygen atoms in total. The lowest BCUT2D eigenvalue weighted by Crippen LogP contribution is -2.01. The van der Waals surface area contributed by atoms with Gasteiger partial charge >= 0.3 is 0 Å². The van der Waals surface area contributed by atoms with Gasteiger partial charge in [-0.2, -0.15) is 0 Å². The van der Waals surface area contributed by atoms with Crippen molar-refractivity contribution in [1.29, 1.82) is 0 Å². The van der Waals surface area contributed by atoms with Crippen LogP contribution in [0.2, 0.25) is 0 Å². The molecule has 0 radical (unpaired) electrons. The molecule has 0 aromatic carbocycles. The number of hydrogen-bond donors (Lipinski definition) is 0. The fourth-order valence-electron chi connectivity index (χ4n) is 1.72. The molecule has 17 heavy (non-hydrogen) atoms. The Hall–Kier alpha value is -1.44. The van der Waals surface area contributed by atoms with Crippen LogP contribution >= 0.6 is 0 Å². The molecule has 0 fully saturated rings. The molecule has 1 aromatic rings. The number of ketones is 1. The summed E-state index contributed by atoms with van der Waals surface area (Å²) >= 11 is 0. The molecule has 1 aromatic heterocycles.